The number of allylic oxidation sites excluding steroid dienone is 24. The fraction of sp³-hybridized carbons (Fsp3) is 0.600. The van der Waals surface area contributed by atoms with Gasteiger partial charge in [0.15, 0.2) is 6.10 Å². The maximum absolute atomic E-state index is 12.3. The van der Waals surface area contributed by atoms with E-state index in [9.17, 15) is 14.7 Å². The largest absolute Gasteiger partial charge is 0.462 e. The van der Waals surface area contributed by atoms with E-state index in [4.69, 9.17) is 9.47 Å². The van der Waals surface area contributed by atoms with E-state index in [1.54, 1.807) is 0 Å². The summed E-state index contributed by atoms with van der Waals surface area (Å²) in [7, 11) is 0. The van der Waals surface area contributed by atoms with Gasteiger partial charge < -0.3 is 14.6 Å². The third kappa shape index (κ3) is 56.4. The highest BCUT2D eigenvalue weighted by molar-refractivity contribution is 5.70. The van der Waals surface area contributed by atoms with Crippen molar-refractivity contribution in [2.45, 2.75) is 238 Å². The summed E-state index contributed by atoms with van der Waals surface area (Å²) in [5.41, 5.74) is 0. The molecule has 0 aromatic carbocycles. The van der Waals surface area contributed by atoms with Crippen molar-refractivity contribution >= 4 is 11.9 Å². The van der Waals surface area contributed by atoms with Gasteiger partial charge in [-0.25, -0.2) is 0 Å². The minimum absolute atomic E-state index is 0.0863. The highest BCUT2D eigenvalue weighted by atomic mass is 16.6. The topological polar surface area (TPSA) is 72.8 Å². The van der Waals surface area contributed by atoms with Crippen LogP contribution in [0.1, 0.15) is 232 Å². The molecule has 0 radical (unpaired) electrons. The van der Waals surface area contributed by atoms with Gasteiger partial charge in [-0.15, -0.1) is 0 Å². The summed E-state index contributed by atoms with van der Waals surface area (Å²) in [6.45, 7) is 3.99. The minimum atomic E-state index is -0.796. The average molecular weight is 966 g/mol. The van der Waals surface area contributed by atoms with Gasteiger partial charge >= 0.3 is 11.9 Å². The molecule has 0 rings (SSSR count). The van der Waals surface area contributed by atoms with Gasteiger partial charge in [0.25, 0.3) is 0 Å². The maximum atomic E-state index is 12.3. The van der Waals surface area contributed by atoms with E-state index in [0.29, 0.717) is 12.8 Å². The molecule has 0 spiro atoms. The van der Waals surface area contributed by atoms with Crippen LogP contribution in [0.15, 0.2) is 146 Å². The van der Waals surface area contributed by atoms with E-state index < -0.39 is 6.10 Å². The van der Waals surface area contributed by atoms with Crippen molar-refractivity contribution in [1.82, 2.24) is 0 Å². The van der Waals surface area contributed by atoms with Crippen molar-refractivity contribution in [3.8, 4) is 0 Å². The van der Waals surface area contributed by atoms with Crippen molar-refractivity contribution in [2.75, 3.05) is 13.2 Å². The molecule has 70 heavy (non-hydrogen) atoms. The first-order chi connectivity index (χ1) is 34.6. The second-order valence-corrected chi connectivity index (χ2v) is 18.3. The van der Waals surface area contributed by atoms with Crippen molar-refractivity contribution in [3.05, 3.63) is 146 Å². The monoisotopic (exact) mass is 965 g/mol. The molecule has 0 fully saturated rings. The van der Waals surface area contributed by atoms with Crippen LogP contribution in [0.5, 0.6) is 0 Å². The Balaban J connectivity index is 3.64. The molecule has 0 aromatic rings. The average Bonchev–Trinajstić information content (AvgIpc) is 3.36. The van der Waals surface area contributed by atoms with E-state index in [-0.39, 0.29) is 25.2 Å². The van der Waals surface area contributed by atoms with Crippen molar-refractivity contribution < 1.29 is 24.2 Å². The molecule has 0 aliphatic rings. The molecule has 0 saturated heterocycles. The Hall–Kier alpha value is -4.22. The third-order valence-electron chi connectivity index (χ3n) is 11.6. The molecule has 5 heteroatoms. The summed E-state index contributed by atoms with van der Waals surface area (Å²) in [4.78, 5) is 24.5. The number of aliphatic hydroxyl groups excluding tert-OH is 1. The first-order valence-corrected chi connectivity index (χ1v) is 28.4. The number of carbonyl (C=O) groups excluding carboxylic acids is 2. The predicted octanol–water partition coefficient (Wildman–Crippen LogP) is 19.4. The first-order valence-electron chi connectivity index (χ1n) is 28.4. The Morgan fingerprint density at radius 1 is 0.343 bits per heavy atom. The number of aliphatic hydroxyl groups is 1. The number of esters is 2. The van der Waals surface area contributed by atoms with Gasteiger partial charge in [-0.05, 0) is 122 Å². The van der Waals surface area contributed by atoms with Crippen LogP contribution in [-0.4, -0.2) is 36.4 Å². The molecule has 0 amide bonds. The van der Waals surface area contributed by atoms with Crippen LogP contribution in [0.3, 0.4) is 0 Å². The quantitative estimate of drug-likeness (QED) is 0.0374. The Bertz CT molecular complexity index is 1510. The number of carbonyl (C=O) groups is 2. The van der Waals surface area contributed by atoms with E-state index >= 15 is 0 Å². The van der Waals surface area contributed by atoms with Gasteiger partial charge in [0, 0.05) is 12.8 Å². The molecule has 394 valence electrons. The van der Waals surface area contributed by atoms with Gasteiger partial charge in [0.1, 0.15) is 6.61 Å². The van der Waals surface area contributed by atoms with Crippen LogP contribution in [0.25, 0.3) is 0 Å². The van der Waals surface area contributed by atoms with Crippen LogP contribution in [0.2, 0.25) is 0 Å². The highest BCUT2D eigenvalue weighted by Crippen LogP contribution is 2.13. The molecule has 0 aromatic heterocycles. The molecule has 0 aliphatic carbocycles. The Labute approximate surface area is 431 Å². The summed E-state index contributed by atoms with van der Waals surface area (Å²) in [5.74, 6) is -0.627. The first kappa shape index (κ1) is 65.8. The molecular formula is C65H104O5. The second kappa shape index (κ2) is 59.1. The molecule has 1 N–H and O–H groups in total. The van der Waals surface area contributed by atoms with Crippen LogP contribution in [0, 0.1) is 0 Å². The number of rotatable bonds is 50. The fourth-order valence-electron chi connectivity index (χ4n) is 7.38. The zero-order valence-electron chi connectivity index (χ0n) is 45.0. The van der Waals surface area contributed by atoms with E-state index in [1.807, 2.05) is 0 Å². The lowest BCUT2D eigenvalue weighted by Gasteiger charge is -2.15. The summed E-state index contributed by atoms with van der Waals surface area (Å²) < 4.78 is 10.7. The lowest BCUT2D eigenvalue weighted by atomic mass is 10.1. The Kier molecular flexibility index (Phi) is 55.5. The van der Waals surface area contributed by atoms with Gasteiger partial charge in [-0.3, -0.25) is 9.59 Å². The third-order valence-corrected chi connectivity index (χ3v) is 11.6. The van der Waals surface area contributed by atoms with Crippen molar-refractivity contribution in [1.29, 1.82) is 0 Å². The lowest BCUT2D eigenvalue weighted by Crippen LogP contribution is -2.28. The molecule has 0 bridgehead atoms. The molecule has 1 atom stereocenters. The summed E-state index contributed by atoms with van der Waals surface area (Å²) in [5, 5.41) is 9.65. The van der Waals surface area contributed by atoms with Crippen molar-refractivity contribution in [2.24, 2.45) is 0 Å². The molecular weight excluding hydrogens is 861 g/mol. The van der Waals surface area contributed by atoms with Crippen LogP contribution < -0.4 is 0 Å². The van der Waals surface area contributed by atoms with Crippen LogP contribution in [0.4, 0.5) is 0 Å². The fourth-order valence-corrected chi connectivity index (χ4v) is 7.38. The lowest BCUT2D eigenvalue weighted by molar-refractivity contribution is -0.161. The zero-order valence-corrected chi connectivity index (χ0v) is 45.0. The maximum Gasteiger partial charge on any atom is 0.306 e. The van der Waals surface area contributed by atoms with Crippen molar-refractivity contribution in [3.63, 3.8) is 0 Å². The van der Waals surface area contributed by atoms with Gasteiger partial charge in [0.2, 0.25) is 0 Å². The van der Waals surface area contributed by atoms with E-state index in [1.165, 1.54) is 83.5 Å². The number of ether oxygens (including phenoxy) is 2. The zero-order chi connectivity index (χ0) is 50.6. The molecule has 1 unspecified atom stereocenters. The predicted molar refractivity (Wildman–Crippen MR) is 306 cm³/mol. The number of hydrogen-bond donors (Lipinski definition) is 1. The second-order valence-electron chi connectivity index (χ2n) is 18.3. The Morgan fingerprint density at radius 3 is 0.929 bits per heavy atom. The summed E-state index contributed by atoms with van der Waals surface area (Å²) >= 11 is 0. The van der Waals surface area contributed by atoms with Gasteiger partial charge in [0.05, 0.1) is 6.61 Å². The van der Waals surface area contributed by atoms with Gasteiger partial charge in [-0.2, -0.15) is 0 Å². The molecule has 0 aliphatic heterocycles. The normalized spacial score (nSPS) is 13.4. The SMILES string of the molecule is CC/C=C\C/C=C\C/C=C\C/C=C\C/C=C\C/C=C\C/C=C\C/C=C\C/C=C\CCCCCCCCCC(=O)OC(CO)COC(=O)CCCCCCCC/C=C\C/C=C\C/C=C\CCCCCCC. The summed E-state index contributed by atoms with van der Waals surface area (Å²) in [6, 6.07) is 0. The van der Waals surface area contributed by atoms with Crippen LogP contribution >= 0.6 is 0 Å². The summed E-state index contributed by atoms with van der Waals surface area (Å²) in [6.07, 6.45) is 89.5. The number of hydrogen-bond acceptors (Lipinski definition) is 5. The highest BCUT2D eigenvalue weighted by Gasteiger charge is 2.16. The molecule has 5 nitrogen and oxygen atoms in total. The smallest absolute Gasteiger partial charge is 0.306 e. The minimum Gasteiger partial charge on any atom is -0.462 e. The van der Waals surface area contributed by atoms with Crippen LogP contribution in [-0.2, 0) is 19.1 Å². The Morgan fingerprint density at radius 2 is 0.614 bits per heavy atom. The van der Waals surface area contributed by atoms with Gasteiger partial charge in [-0.1, -0.05) is 243 Å². The molecule has 0 heterocycles. The molecule has 0 saturated carbocycles. The van der Waals surface area contributed by atoms with E-state index in [0.717, 1.165) is 122 Å². The van der Waals surface area contributed by atoms with E-state index in [2.05, 4.69) is 160 Å². The number of unbranched alkanes of at least 4 members (excludes halogenated alkanes) is 18. The standard InChI is InChI=1S/C65H104O5/c1-3-5-7-9-11-13-15-17-19-21-23-25-26-27-28-29-30-31-32-33-34-35-36-37-38-40-42-44-46-48-50-52-54-56-58-60-65(68)70-63(61-66)62-69-64(67)59-57-55-53-51-49-47-45-43-41-39-24-22-20-18-16-14-12-10-8-6-4-2/h5,7,11,13,16-19,22-25,27-28,30-31,33-34,36-37,40-43,63,66H,3-4,6,8-10,12,14-15,20-21,26,29,32,35,38-39,44-62H2,1-2H3/b7-5-,13-11-,18-16-,19-17-,24-22-,25-23-,28-27-,31-30-,34-33-,37-36-,42-40-,43-41-.